The van der Waals surface area contributed by atoms with Gasteiger partial charge in [0.25, 0.3) is 5.91 Å². The van der Waals surface area contributed by atoms with Gasteiger partial charge in [-0.1, -0.05) is 17.8 Å². The summed E-state index contributed by atoms with van der Waals surface area (Å²) in [6.45, 7) is 4.79. The predicted octanol–water partition coefficient (Wildman–Crippen LogP) is 3.50. The van der Waals surface area contributed by atoms with Crippen molar-refractivity contribution in [2.24, 2.45) is 0 Å². The van der Waals surface area contributed by atoms with Gasteiger partial charge >= 0.3 is 0 Å². The van der Waals surface area contributed by atoms with Crippen molar-refractivity contribution in [2.75, 3.05) is 32.4 Å². The molecule has 0 saturated carbocycles. The third-order valence-corrected chi connectivity index (χ3v) is 8.41. The van der Waals surface area contributed by atoms with Crippen LogP contribution in [0.3, 0.4) is 0 Å². The van der Waals surface area contributed by atoms with E-state index in [-0.39, 0.29) is 42.8 Å². The smallest absolute Gasteiger partial charge is 0.272 e. The number of halogens is 1. The molecule has 174 valence electrons. The summed E-state index contributed by atoms with van der Waals surface area (Å²) in [6.07, 6.45) is 3.36. The molecule has 0 unspecified atom stereocenters. The first kappa shape index (κ1) is 23.5. The Kier molecular flexibility index (Phi) is 6.60. The Morgan fingerprint density at radius 3 is 2.27 bits per heavy atom. The molecule has 0 radical (unpaired) electrons. The number of benzene rings is 2. The molecule has 7 nitrogen and oxygen atoms in total. The van der Waals surface area contributed by atoms with E-state index in [0.29, 0.717) is 16.5 Å². The largest absolute Gasteiger partial charge is 0.335 e. The molecule has 1 aromatic heterocycles. The quantitative estimate of drug-likeness (QED) is 0.514. The van der Waals surface area contributed by atoms with E-state index >= 15 is 0 Å². The van der Waals surface area contributed by atoms with E-state index in [1.165, 1.54) is 34.4 Å². The van der Waals surface area contributed by atoms with Crippen molar-refractivity contribution >= 4 is 27.7 Å². The molecule has 2 heterocycles. The van der Waals surface area contributed by atoms with Crippen LogP contribution in [-0.4, -0.2) is 65.5 Å². The Bertz CT molecular complexity index is 1280. The van der Waals surface area contributed by atoms with E-state index in [1.807, 2.05) is 26.2 Å². The van der Waals surface area contributed by atoms with E-state index in [0.717, 1.165) is 11.1 Å². The molecule has 0 atom stereocenters. The standard InChI is InChI=1S/C23H25FN4O3S2/c1-16-4-9-20(14-17(16)2)33(30,31)27-12-10-26(11-13-27)22(29)21-15-25-23(32-3)28(21)19-7-5-18(24)6-8-19/h4-9,14-15H,10-13H2,1-3H3. The highest BCUT2D eigenvalue weighted by atomic mass is 32.2. The van der Waals surface area contributed by atoms with E-state index in [9.17, 15) is 17.6 Å². The molecule has 0 aliphatic carbocycles. The molecule has 33 heavy (non-hydrogen) atoms. The van der Waals surface area contributed by atoms with Gasteiger partial charge < -0.3 is 4.90 Å². The number of thioether (sulfide) groups is 1. The van der Waals surface area contributed by atoms with Gasteiger partial charge in [-0.3, -0.25) is 9.36 Å². The first-order valence-electron chi connectivity index (χ1n) is 10.5. The van der Waals surface area contributed by atoms with Crippen LogP contribution < -0.4 is 0 Å². The highest BCUT2D eigenvalue weighted by Gasteiger charge is 2.32. The minimum atomic E-state index is -3.63. The van der Waals surface area contributed by atoms with Crippen LogP contribution in [0, 0.1) is 19.7 Å². The second-order valence-corrected chi connectivity index (χ2v) is 10.6. The fourth-order valence-electron chi connectivity index (χ4n) is 3.79. The molecule has 4 rings (SSSR count). The van der Waals surface area contributed by atoms with Gasteiger partial charge in [-0.05, 0) is 67.6 Å². The maximum atomic E-state index is 13.4. The Balaban J connectivity index is 1.53. The molecule has 0 bridgehead atoms. The number of aryl methyl sites for hydroxylation is 2. The highest BCUT2D eigenvalue weighted by Crippen LogP contribution is 2.25. The van der Waals surface area contributed by atoms with Crippen LogP contribution in [0.1, 0.15) is 21.6 Å². The lowest BCUT2D eigenvalue weighted by atomic mass is 10.1. The normalized spacial score (nSPS) is 15.1. The second-order valence-electron chi connectivity index (χ2n) is 7.88. The SMILES string of the molecule is CSc1ncc(C(=O)N2CCN(S(=O)(=O)c3ccc(C)c(C)c3)CC2)n1-c1ccc(F)cc1. The molecule has 1 amide bonds. The van der Waals surface area contributed by atoms with E-state index < -0.39 is 10.0 Å². The Morgan fingerprint density at radius 1 is 1.00 bits per heavy atom. The zero-order valence-electron chi connectivity index (χ0n) is 18.7. The number of imidazole rings is 1. The molecule has 3 aromatic rings. The van der Waals surface area contributed by atoms with Gasteiger partial charge in [0.05, 0.1) is 11.1 Å². The molecule has 2 aromatic carbocycles. The lowest BCUT2D eigenvalue weighted by Gasteiger charge is -2.34. The summed E-state index contributed by atoms with van der Waals surface area (Å²) < 4.78 is 42.7. The number of amides is 1. The number of hydrogen-bond acceptors (Lipinski definition) is 5. The average molecular weight is 489 g/mol. The molecule has 0 spiro atoms. The maximum Gasteiger partial charge on any atom is 0.272 e. The topological polar surface area (TPSA) is 75.5 Å². The van der Waals surface area contributed by atoms with Crippen molar-refractivity contribution in [3.63, 3.8) is 0 Å². The molecule has 1 fully saturated rings. The molecule has 0 N–H and O–H groups in total. The van der Waals surface area contributed by atoms with Gasteiger partial charge in [0.1, 0.15) is 11.5 Å². The summed E-state index contributed by atoms with van der Waals surface area (Å²) in [4.78, 5) is 19.5. The summed E-state index contributed by atoms with van der Waals surface area (Å²) in [5.41, 5.74) is 2.95. The van der Waals surface area contributed by atoms with Gasteiger partial charge in [0.2, 0.25) is 10.0 Å². The van der Waals surface area contributed by atoms with Crippen molar-refractivity contribution in [3.05, 3.63) is 71.3 Å². The van der Waals surface area contributed by atoms with Gasteiger partial charge in [-0.15, -0.1) is 0 Å². The summed E-state index contributed by atoms with van der Waals surface area (Å²) >= 11 is 1.38. The van der Waals surface area contributed by atoms with Crippen molar-refractivity contribution in [1.29, 1.82) is 0 Å². The summed E-state index contributed by atoms with van der Waals surface area (Å²) in [7, 11) is -3.63. The van der Waals surface area contributed by atoms with Crippen LogP contribution in [0.4, 0.5) is 4.39 Å². The van der Waals surface area contributed by atoms with Crippen molar-refractivity contribution in [2.45, 2.75) is 23.9 Å². The van der Waals surface area contributed by atoms with Crippen LogP contribution in [-0.2, 0) is 10.0 Å². The molecule has 10 heteroatoms. The second kappa shape index (κ2) is 9.28. The molecule has 1 aliphatic heterocycles. The highest BCUT2D eigenvalue weighted by molar-refractivity contribution is 7.98. The molecule has 1 saturated heterocycles. The third-order valence-electron chi connectivity index (χ3n) is 5.86. The number of carbonyl (C=O) groups excluding carboxylic acids is 1. The molecular weight excluding hydrogens is 463 g/mol. The van der Waals surface area contributed by atoms with Crippen LogP contribution in [0.15, 0.2) is 58.7 Å². The maximum absolute atomic E-state index is 13.4. The monoisotopic (exact) mass is 488 g/mol. The number of rotatable bonds is 5. The number of nitrogens with zero attached hydrogens (tertiary/aromatic N) is 4. The Hall–Kier alpha value is -2.69. The third kappa shape index (κ3) is 4.55. The van der Waals surface area contributed by atoms with E-state index in [4.69, 9.17) is 0 Å². The molecule has 1 aliphatic rings. The van der Waals surface area contributed by atoms with Gasteiger partial charge in [0, 0.05) is 31.9 Å². The Labute approximate surface area is 197 Å². The average Bonchev–Trinajstić information content (AvgIpc) is 3.25. The summed E-state index contributed by atoms with van der Waals surface area (Å²) in [6, 6.07) is 11.0. The van der Waals surface area contributed by atoms with Crippen LogP contribution in [0.2, 0.25) is 0 Å². The van der Waals surface area contributed by atoms with Crippen LogP contribution in [0.5, 0.6) is 0 Å². The van der Waals surface area contributed by atoms with Gasteiger partial charge in [-0.2, -0.15) is 4.31 Å². The number of carbonyl (C=O) groups is 1. The van der Waals surface area contributed by atoms with Gasteiger partial charge in [0.15, 0.2) is 5.16 Å². The zero-order chi connectivity index (χ0) is 23.8. The van der Waals surface area contributed by atoms with E-state index in [1.54, 1.807) is 33.7 Å². The molecular formula is C23H25FN4O3S2. The van der Waals surface area contributed by atoms with Gasteiger partial charge in [-0.25, -0.2) is 17.8 Å². The number of aromatic nitrogens is 2. The van der Waals surface area contributed by atoms with E-state index in [2.05, 4.69) is 4.98 Å². The van der Waals surface area contributed by atoms with Crippen molar-refractivity contribution in [1.82, 2.24) is 18.8 Å². The lowest BCUT2D eigenvalue weighted by molar-refractivity contribution is 0.0689. The lowest BCUT2D eigenvalue weighted by Crippen LogP contribution is -2.50. The summed E-state index contributed by atoms with van der Waals surface area (Å²) in [5.74, 6) is -0.603. The fourth-order valence-corrected chi connectivity index (χ4v) is 5.84. The zero-order valence-corrected chi connectivity index (χ0v) is 20.3. The van der Waals surface area contributed by atoms with Crippen LogP contribution >= 0.6 is 11.8 Å². The minimum absolute atomic E-state index is 0.209. The first-order chi connectivity index (χ1) is 15.7. The fraction of sp³-hybridized carbons (Fsp3) is 0.304. The predicted molar refractivity (Wildman–Crippen MR) is 126 cm³/mol. The first-order valence-corrected chi connectivity index (χ1v) is 13.1. The minimum Gasteiger partial charge on any atom is -0.335 e. The summed E-state index contributed by atoms with van der Waals surface area (Å²) in [5, 5.41) is 0.612. The Morgan fingerprint density at radius 2 is 1.67 bits per heavy atom. The number of piperazine rings is 1. The number of sulfonamides is 1. The van der Waals surface area contributed by atoms with Crippen molar-refractivity contribution < 1.29 is 17.6 Å². The van der Waals surface area contributed by atoms with Crippen molar-refractivity contribution in [3.8, 4) is 5.69 Å². The number of hydrogen-bond donors (Lipinski definition) is 0. The van der Waals surface area contributed by atoms with Crippen LogP contribution in [0.25, 0.3) is 5.69 Å².